The number of rotatable bonds is 3. The highest BCUT2D eigenvalue weighted by Crippen LogP contribution is 2.21. The van der Waals surface area contributed by atoms with Crippen LogP contribution < -0.4 is 5.69 Å². The van der Waals surface area contributed by atoms with Crippen molar-refractivity contribution in [3.8, 4) is 0 Å². The molecule has 0 saturated carbocycles. The summed E-state index contributed by atoms with van der Waals surface area (Å²) >= 11 is 0. The molecule has 0 N–H and O–H groups in total. The maximum absolute atomic E-state index is 12.4. The second-order valence-corrected chi connectivity index (χ2v) is 4.93. The van der Waals surface area contributed by atoms with Gasteiger partial charge in [-0.05, 0) is 50.5 Å². The quantitative estimate of drug-likeness (QED) is 0.813. The number of hydrogen-bond acceptors (Lipinski definition) is 1. The van der Waals surface area contributed by atoms with Crippen molar-refractivity contribution in [2.75, 3.05) is 0 Å². The van der Waals surface area contributed by atoms with Gasteiger partial charge in [-0.2, -0.15) is 0 Å². The number of aromatic nitrogens is 2. The molecular weight excluding hydrogens is 224 g/mol. The van der Waals surface area contributed by atoms with E-state index in [2.05, 4.69) is 39.5 Å². The van der Waals surface area contributed by atoms with E-state index in [9.17, 15) is 4.79 Å². The van der Waals surface area contributed by atoms with Crippen molar-refractivity contribution in [1.82, 2.24) is 9.13 Å². The molecule has 2 aromatic rings. The topological polar surface area (TPSA) is 26.9 Å². The van der Waals surface area contributed by atoms with E-state index in [1.54, 1.807) is 4.57 Å². The molecule has 1 heterocycles. The van der Waals surface area contributed by atoms with Crippen molar-refractivity contribution in [3.05, 3.63) is 40.3 Å². The van der Waals surface area contributed by atoms with Gasteiger partial charge in [0.2, 0.25) is 0 Å². The Labute approximate surface area is 107 Å². The van der Waals surface area contributed by atoms with E-state index in [1.807, 2.05) is 11.5 Å². The summed E-state index contributed by atoms with van der Waals surface area (Å²) in [5, 5.41) is 0. The van der Waals surface area contributed by atoms with Crippen LogP contribution in [0.4, 0.5) is 0 Å². The fourth-order valence-electron chi connectivity index (χ4n) is 2.32. The Morgan fingerprint density at radius 1 is 1.22 bits per heavy atom. The van der Waals surface area contributed by atoms with Gasteiger partial charge in [0.05, 0.1) is 11.0 Å². The molecule has 0 spiro atoms. The summed E-state index contributed by atoms with van der Waals surface area (Å²) < 4.78 is 3.55. The van der Waals surface area contributed by atoms with Crippen molar-refractivity contribution in [1.29, 1.82) is 0 Å². The number of aryl methyl sites for hydroxylation is 3. The summed E-state index contributed by atoms with van der Waals surface area (Å²) in [5.41, 5.74) is 5.17. The molecular formula is C15H20N2O. The van der Waals surface area contributed by atoms with Gasteiger partial charge in [-0.1, -0.05) is 13.5 Å². The van der Waals surface area contributed by atoms with Crippen LogP contribution in [0.15, 0.2) is 23.5 Å². The lowest BCUT2D eigenvalue weighted by atomic mass is 10.1. The first-order valence-electron chi connectivity index (χ1n) is 6.35. The third-order valence-corrected chi connectivity index (χ3v) is 3.37. The highest BCUT2D eigenvalue weighted by Gasteiger charge is 2.14. The molecule has 1 aromatic heterocycles. The second-order valence-electron chi connectivity index (χ2n) is 4.93. The molecule has 0 fully saturated rings. The molecule has 1 aromatic carbocycles. The molecule has 0 bridgehead atoms. The molecule has 0 amide bonds. The summed E-state index contributed by atoms with van der Waals surface area (Å²) in [5.74, 6) is 0. The fourth-order valence-corrected chi connectivity index (χ4v) is 2.32. The van der Waals surface area contributed by atoms with Gasteiger partial charge in [0.15, 0.2) is 0 Å². The lowest BCUT2D eigenvalue weighted by Gasteiger charge is -2.04. The largest absolute Gasteiger partial charge is 0.333 e. The smallest absolute Gasteiger partial charge is 0.292 e. The summed E-state index contributed by atoms with van der Waals surface area (Å²) in [6.07, 6.45) is 0.947. The minimum absolute atomic E-state index is 0.0179. The zero-order valence-electron chi connectivity index (χ0n) is 11.6. The Morgan fingerprint density at radius 2 is 1.78 bits per heavy atom. The predicted molar refractivity (Wildman–Crippen MR) is 77.0 cm³/mol. The Bertz CT molecular complexity index is 674. The van der Waals surface area contributed by atoms with E-state index in [0.717, 1.165) is 29.7 Å². The van der Waals surface area contributed by atoms with E-state index >= 15 is 0 Å². The Hall–Kier alpha value is -1.77. The molecule has 0 atom stereocenters. The minimum Gasteiger partial charge on any atom is -0.292 e. The summed E-state index contributed by atoms with van der Waals surface area (Å²) in [6, 6.07) is 4.17. The Kier molecular flexibility index (Phi) is 3.16. The first-order valence-corrected chi connectivity index (χ1v) is 6.35. The number of nitrogens with zero attached hydrogens (tertiary/aromatic N) is 2. The van der Waals surface area contributed by atoms with Crippen LogP contribution in [-0.4, -0.2) is 9.13 Å². The molecule has 0 radical (unpaired) electrons. The van der Waals surface area contributed by atoms with Gasteiger partial charge < -0.3 is 0 Å². The first kappa shape index (κ1) is 12.7. The Balaban J connectivity index is 2.92. The van der Waals surface area contributed by atoms with Gasteiger partial charge in [-0.25, -0.2) is 4.79 Å². The van der Waals surface area contributed by atoms with Crippen molar-refractivity contribution in [2.24, 2.45) is 0 Å². The highest BCUT2D eigenvalue weighted by atomic mass is 16.1. The first-order chi connectivity index (χ1) is 8.47. The zero-order chi connectivity index (χ0) is 13.4. The van der Waals surface area contributed by atoms with Crippen LogP contribution in [-0.2, 0) is 6.54 Å². The monoisotopic (exact) mass is 244 g/mol. The van der Waals surface area contributed by atoms with E-state index in [-0.39, 0.29) is 5.69 Å². The summed E-state index contributed by atoms with van der Waals surface area (Å²) in [7, 11) is 0. The van der Waals surface area contributed by atoms with Crippen LogP contribution in [0.2, 0.25) is 0 Å². The normalized spacial score (nSPS) is 11.1. The maximum atomic E-state index is 12.4. The molecule has 0 aliphatic carbocycles. The van der Waals surface area contributed by atoms with E-state index in [4.69, 9.17) is 0 Å². The summed E-state index contributed by atoms with van der Waals surface area (Å²) in [6.45, 7) is 12.8. The molecule has 0 aliphatic heterocycles. The Morgan fingerprint density at radius 3 is 2.28 bits per heavy atom. The standard InChI is InChI=1S/C15H20N2O/c1-6-7-16-13-8-11(4)12(5)9-14(13)17(10(2)3)15(16)18/h8-9H,2,6-7H2,1,3-5H3. The van der Waals surface area contributed by atoms with E-state index in [0.29, 0.717) is 0 Å². The number of fused-ring (bicyclic) bond motifs is 1. The van der Waals surface area contributed by atoms with Crippen molar-refractivity contribution >= 4 is 16.7 Å². The molecule has 0 unspecified atom stereocenters. The summed E-state index contributed by atoms with van der Waals surface area (Å²) in [4.78, 5) is 12.4. The minimum atomic E-state index is 0.0179. The third-order valence-electron chi connectivity index (χ3n) is 3.37. The van der Waals surface area contributed by atoms with Crippen molar-refractivity contribution in [3.63, 3.8) is 0 Å². The molecule has 3 heteroatoms. The van der Waals surface area contributed by atoms with Crippen molar-refractivity contribution < 1.29 is 0 Å². The number of allylic oxidation sites excluding steroid dienone is 1. The van der Waals surface area contributed by atoms with Gasteiger partial charge in [0.1, 0.15) is 0 Å². The maximum Gasteiger partial charge on any atom is 0.333 e. The molecule has 2 rings (SSSR count). The lowest BCUT2D eigenvalue weighted by Crippen LogP contribution is -2.23. The third kappa shape index (κ3) is 1.80. The molecule has 0 saturated heterocycles. The lowest BCUT2D eigenvalue weighted by molar-refractivity contribution is 0.665. The van der Waals surface area contributed by atoms with Gasteiger partial charge in [0.25, 0.3) is 0 Å². The van der Waals surface area contributed by atoms with Crippen LogP contribution in [0, 0.1) is 13.8 Å². The molecule has 96 valence electrons. The van der Waals surface area contributed by atoms with E-state index in [1.165, 1.54) is 11.1 Å². The predicted octanol–water partition coefficient (Wildman–Crippen LogP) is 3.32. The van der Waals surface area contributed by atoms with Gasteiger partial charge in [0, 0.05) is 12.2 Å². The van der Waals surface area contributed by atoms with Gasteiger partial charge in [-0.15, -0.1) is 0 Å². The van der Waals surface area contributed by atoms with Crippen LogP contribution in [0.1, 0.15) is 31.4 Å². The molecule has 0 aliphatic rings. The zero-order valence-corrected chi connectivity index (χ0v) is 11.6. The van der Waals surface area contributed by atoms with Crippen LogP contribution in [0.3, 0.4) is 0 Å². The average molecular weight is 244 g/mol. The number of hydrogen-bond donors (Lipinski definition) is 0. The van der Waals surface area contributed by atoms with Crippen LogP contribution >= 0.6 is 0 Å². The number of imidazole rings is 1. The SMILES string of the molecule is C=C(C)n1c(=O)n(CCC)c2cc(C)c(C)cc21. The highest BCUT2D eigenvalue weighted by molar-refractivity contribution is 5.81. The van der Waals surface area contributed by atoms with Crippen LogP contribution in [0.25, 0.3) is 16.7 Å². The van der Waals surface area contributed by atoms with Crippen molar-refractivity contribution in [2.45, 2.75) is 40.7 Å². The van der Waals surface area contributed by atoms with Crippen LogP contribution in [0.5, 0.6) is 0 Å². The molecule has 18 heavy (non-hydrogen) atoms. The van der Waals surface area contributed by atoms with E-state index < -0.39 is 0 Å². The van der Waals surface area contributed by atoms with Gasteiger partial charge in [-0.3, -0.25) is 9.13 Å². The molecule has 3 nitrogen and oxygen atoms in total. The average Bonchev–Trinajstić information content (AvgIpc) is 2.54. The number of benzene rings is 1. The fraction of sp³-hybridized carbons (Fsp3) is 0.400. The van der Waals surface area contributed by atoms with Gasteiger partial charge >= 0.3 is 5.69 Å². The second kappa shape index (κ2) is 4.48.